The number of alkyl halides is 3. The molecule has 0 unspecified atom stereocenters. The number of carbonyl (C=O) groups excluding carboxylic acids is 1. The zero-order valence-electron chi connectivity index (χ0n) is 12.5. The number of Topliss-reactive ketones (excluding diaryl/α,β-unsaturated/α-hetero) is 1. The Kier molecular flexibility index (Phi) is 5.15. The highest BCUT2D eigenvalue weighted by molar-refractivity contribution is 6.02. The summed E-state index contributed by atoms with van der Waals surface area (Å²) in [6.07, 6.45) is -4.76. The average Bonchev–Trinajstić information content (AvgIpc) is 2.37. The Labute approximate surface area is 121 Å². The Morgan fingerprint density at radius 2 is 1.67 bits per heavy atom. The molecule has 0 heterocycles. The molecule has 0 saturated carbocycles. The summed E-state index contributed by atoms with van der Waals surface area (Å²) in [7, 11) is 0. The van der Waals surface area contributed by atoms with E-state index in [0.717, 1.165) is 6.07 Å². The molecule has 6 heteroatoms. The van der Waals surface area contributed by atoms with Crippen molar-refractivity contribution in [2.75, 3.05) is 13.1 Å². The quantitative estimate of drug-likeness (QED) is 0.602. The molecule has 1 aromatic rings. The fourth-order valence-corrected chi connectivity index (χ4v) is 2.40. The van der Waals surface area contributed by atoms with Crippen molar-refractivity contribution in [3.8, 4) is 0 Å². The minimum Gasteiger partial charge on any atom is -0.292 e. The van der Waals surface area contributed by atoms with Crippen molar-refractivity contribution >= 4 is 5.78 Å². The van der Waals surface area contributed by atoms with Crippen LogP contribution in [0.4, 0.5) is 17.6 Å². The molecule has 0 saturated heterocycles. The minimum absolute atomic E-state index is 0.0580. The first-order chi connectivity index (χ1) is 9.55. The first-order valence-corrected chi connectivity index (χ1v) is 6.72. The second-order valence-electron chi connectivity index (χ2n) is 5.25. The summed E-state index contributed by atoms with van der Waals surface area (Å²) in [5.74, 6) is -1.83. The van der Waals surface area contributed by atoms with E-state index in [9.17, 15) is 22.4 Å². The van der Waals surface area contributed by atoms with Crippen LogP contribution in [-0.4, -0.2) is 29.3 Å². The topological polar surface area (TPSA) is 20.3 Å². The van der Waals surface area contributed by atoms with Gasteiger partial charge in [-0.1, -0.05) is 19.9 Å². The van der Waals surface area contributed by atoms with Gasteiger partial charge >= 0.3 is 6.18 Å². The summed E-state index contributed by atoms with van der Waals surface area (Å²) < 4.78 is 51.1. The van der Waals surface area contributed by atoms with E-state index in [0.29, 0.717) is 25.2 Å². The van der Waals surface area contributed by atoms with E-state index in [1.165, 1.54) is 0 Å². The van der Waals surface area contributed by atoms with Gasteiger partial charge in [0, 0.05) is 5.56 Å². The Balaban J connectivity index is 3.18. The van der Waals surface area contributed by atoms with Gasteiger partial charge in [-0.25, -0.2) is 4.39 Å². The number of benzene rings is 1. The molecule has 0 fully saturated rings. The van der Waals surface area contributed by atoms with Gasteiger partial charge in [-0.3, -0.25) is 9.69 Å². The fraction of sp³-hybridized carbons (Fsp3) is 0.533. The second kappa shape index (κ2) is 6.13. The number of nitrogens with zero attached hydrogens (tertiary/aromatic N) is 1. The maximum absolute atomic E-state index is 13.6. The van der Waals surface area contributed by atoms with Gasteiger partial charge in [-0.2, -0.15) is 13.2 Å². The first kappa shape index (κ1) is 17.6. The van der Waals surface area contributed by atoms with Crippen LogP contribution >= 0.6 is 0 Å². The molecule has 0 aliphatic carbocycles. The molecular weight excluding hydrogens is 286 g/mol. The van der Waals surface area contributed by atoms with Gasteiger partial charge in [-0.05, 0) is 39.1 Å². The minimum atomic E-state index is -4.76. The van der Waals surface area contributed by atoms with Gasteiger partial charge in [0.1, 0.15) is 5.82 Å². The van der Waals surface area contributed by atoms with Crippen molar-refractivity contribution in [1.82, 2.24) is 4.90 Å². The molecule has 118 valence electrons. The van der Waals surface area contributed by atoms with E-state index in [2.05, 4.69) is 0 Å². The van der Waals surface area contributed by atoms with E-state index in [-0.39, 0.29) is 5.56 Å². The van der Waals surface area contributed by atoms with Crippen molar-refractivity contribution in [1.29, 1.82) is 0 Å². The lowest BCUT2D eigenvalue weighted by Gasteiger charge is -2.35. The van der Waals surface area contributed by atoms with Gasteiger partial charge < -0.3 is 0 Å². The van der Waals surface area contributed by atoms with Crippen LogP contribution in [0, 0.1) is 5.82 Å². The van der Waals surface area contributed by atoms with Crippen LogP contribution in [0.3, 0.4) is 0 Å². The molecule has 0 aliphatic heterocycles. The largest absolute Gasteiger partial charge is 0.419 e. The van der Waals surface area contributed by atoms with Crippen LogP contribution in [0.2, 0.25) is 0 Å². The van der Waals surface area contributed by atoms with Crippen LogP contribution in [0.1, 0.15) is 43.6 Å². The second-order valence-corrected chi connectivity index (χ2v) is 5.25. The molecule has 0 radical (unpaired) electrons. The SMILES string of the molecule is CCN(CC)C(C)(C)C(=O)c1ccc(C(F)(F)F)c(F)c1. The van der Waals surface area contributed by atoms with Crippen molar-refractivity contribution < 1.29 is 22.4 Å². The van der Waals surface area contributed by atoms with Gasteiger partial charge in [0.05, 0.1) is 11.1 Å². The zero-order chi connectivity index (χ0) is 16.4. The van der Waals surface area contributed by atoms with Gasteiger partial charge in [0.25, 0.3) is 0 Å². The lowest BCUT2D eigenvalue weighted by molar-refractivity contribution is -0.140. The molecule has 0 aromatic heterocycles. The van der Waals surface area contributed by atoms with E-state index in [4.69, 9.17) is 0 Å². The predicted octanol–water partition coefficient (Wildman–Crippen LogP) is 4.15. The van der Waals surface area contributed by atoms with Crippen molar-refractivity contribution in [2.24, 2.45) is 0 Å². The molecule has 0 bridgehead atoms. The van der Waals surface area contributed by atoms with Crippen LogP contribution < -0.4 is 0 Å². The summed E-state index contributed by atoms with van der Waals surface area (Å²) >= 11 is 0. The highest BCUT2D eigenvalue weighted by atomic mass is 19.4. The average molecular weight is 305 g/mol. The molecule has 0 N–H and O–H groups in total. The molecule has 0 atom stereocenters. The smallest absolute Gasteiger partial charge is 0.292 e. The van der Waals surface area contributed by atoms with Crippen LogP contribution in [0.25, 0.3) is 0 Å². The number of hydrogen-bond donors (Lipinski definition) is 0. The third-order valence-electron chi connectivity index (χ3n) is 3.65. The fourth-order valence-electron chi connectivity index (χ4n) is 2.40. The van der Waals surface area contributed by atoms with E-state index in [1.54, 1.807) is 13.8 Å². The molecule has 0 amide bonds. The standard InChI is InChI=1S/C15H19F4NO/c1-5-20(6-2)14(3,4)13(21)10-7-8-11(12(16)9-10)15(17,18)19/h7-9H,5-6H2,1-4H3. The number of hydrogen-bond acceptors (Lipinski definition) is 2. The Bertz CT molecular complexity index is 519. The third-order valence-corrected chi connectivity index (χ3v) is 3.65. The monoisotopic (exact) mass is 305 g/mol. The number of halogens is 4. The number of likely N-dealkylation sites (N-methyl/N-ethyl adjacent to an activating group) is 1. The molecule has 1 aromatic carbocycles. The molecule has 0 aliphatic rings. The maximum Gasteiger partial charge on any atom is 0.419 e. The van der Waals surface area contributed by atoms with Crippen molar-refractivity contribution in [3.05, 3.63) is 35.1 Å². The Morgan fingerprint density at radius 1 is 1.14 bits per heavy atom. The summed E-state index contributed by atoms with van der Waals surface area (Å²) in [4.78, 5) is 14.3. The first-order valence-electron chi connectivity index (χ1n) is 6.72. The van der Waals surface area contributed by atoms with Crippen molar-refractivity contribution in [2.45, 2.75) is 39.4 Å². The Hall–Kier alpha value is -1.43. The summed E-state index contributed by atoms with van der Waals surface area (Å²) in [6, 6.07) is 2.30. The summed E-state index contributed by atoms with van der Waals surface area (Å²) in [5, 5.41) is 0. The summed E-state index contributed by atoms with van der Waals surface area (Å²) in [6.45, 7) is 8.34. The number of ketones is 1. The van der Waals surface area contributed by atoms with Crippen LogP contribution in [0.5, 0.6) is 0 Å². The van der Waals surface area contributed by atoms with E-state index in [1.807, 2.05) is 18.7 Å². The zero-order valence-corrected chi connectivity index (χ0v) is 12.5. The highest BCUT2D eigenvalue weighted by Gasteiger charge is 2.37. The molecular formula is C15H19F4NO. The van der Waals surface area contributed by atoms with Gasteiger partial charge in [0.15, 0.2) is 5.78 Å². The third kappa shape index (κ3) is 3.61. The van der Waals surface area contributed by atoms with Gasteiger partial charge in [-0.15, -0.1) is 0 Å². The van der Waals surface area contributed by atoms with Crippen LogP contribution in [0.15, 0.2) is 18.2 Å². The lowest BCUT2D eigenvalue weighted by Crippen LogP contribution is -2.49. The van der Waals surface area contributed by atoms with E-state index < -0.39 is 28.9 Å². The molecule has 21 heavy (non-hydrogen) atoms. The number of carbonyl (C=O) groups is 1. The Morgan fingerprint density at radius 3 is 2.05 bits per heavy atom. The predicted molar refractivity (Wildman–Crippen MR) is 72.7 cm³/mol. The highest BCUT2D eigenvalue weighted by Crippen LogP contribution is 2.32. The number of rotatable bonds is 5. The summed E-state index contributed by atoms with van der Waals surface area (Å²) in [5.41, 5.74) is -2.33. The van der Waals surface area contributed by atoms with Gasteiger partial charge in [0.2, 0.25) is 0 Å². The lowest BCUT2D eigenvalue weighted by atomic mass is 9.90. The normalized spacial score (nSPS) is 12.8. The molecule has 2 nitrogen and oxygen atoms in total. The maximum atomic E-state index is 13.6. The molecule has 0 spiro atoms. The molecule has 1 rings (SSSR count). The van der Waals surface area contributed by atoms with E-state index >= 15 is 0 Å². The van der Waals surface area contributed by atoms with Crippen LogP contribution in [-0.2, 0) is 6.18 Å². The van der Waals surface area contributed by atoms with Crippen molar-refractivity contribution in [3.63, 3.8) is 0 Å².